The summed E-state index contributed by atoms with van der Waals surface area (Å²) in [6, 6.07) is 7.68. The Labute approximate surface area is 128 Å². The van der Waals surface area contributed by atoms with Gasteiger partial charge in [0.2, 0.25) is 0 Å². The van der Waals surface area contributed by atoms with E-state index < -0.39 is 0 Å². The molecule has 0 amide bonds. The molecule has 0 heterocycles. The SMILES string of the molecule is CCOc1cccc(OC2CC(C(C)(C)C)CCC2O)c1. The Morgan fingerprint density at radius 1 is 1.19 bits per heavy atom. The quantitative estimate of drug-likeness (QED) is 0.910. The van der Waals surface area contributed by atoms with Crippen LogP contribution in [0, 0.1) is 11.3 Å². The minimum atomic E-state index is -0.376. The van der Waals surface area contributed by atoms with Gasteiger partial charge in [0.1, 0.15) is 17.6 Å². The zero-order valence-corrected chi connectivity index (χ0v) is 13.6. The van der Waals surface area contributed by atoms with Crippen molar-refractivity contribution >= 4 is 0 Å². The summed E-state index contributed by atoms with van der Waals surface area (Å²) in [5, 5.41) is 10.2. The molecular weight excluding hydrogens is 264 g/mol. The topological polar surface area (TPSA) is 38.7 Å². The smallest absolute Gasteiger partial charge is 0.125 e. The monoisotopic (exact) mass is 292 g/mol. The van der Waals surface area contributed by atoms with Crippen molar-refractivity contribution in [1.29, 1.82) is 0 Å². The van der Waals surface area contributed by atoms with Crippen LogP contribution in [-0.2, 0) is 0 Å². The van der Waals surface area contributed by atoms with E-state index in [1.165, 1.54) is 0 Å². The van der Waals surface area contributed by atoms with Gasteiger partial charge in [0.15, 0.2) is 0 Å². The number of ether oxygens (including phenoxy) is 2. The molecule has 0 aromatic heterocycles. The molecule has 0 aliphatic heterocycles. The van der Waals surface area contributed by atoms with Gasteiger partial charge in [-0.1, -0.05) is 26.8 Å². The fourth-order valence-electron chi connectivity index (χ4n) is 3.01. The Bertz CT molecular complexity index is 450. The van der Waals surface area contributed by atoms with Gasteiger partial charge < -0.3 is 14.6 Å². The minimum Gasteiger partial charge on any atom is -0.494 e. The summed E-state index contributed by atoms with van der Waals surface area (Å²) >= 11 is 0. The van der Waals surface area contributed by atoms with Crippen LogP contribution in [0.15, 0.2) is 24.3 Å². The fraction of sp³-hybridized carbons (Fsp3) is 0.667. The van der Waals surface area contributed by atoms with Gasteiger partial charge in [-0.2, -0.15) is 0 Å². The van der Waals surface area contributed by atoms with E-state index in [0.29, 0.717) is 12.5 Å². The predicted octanol–water partition coefficient (Wildman–Crippen LogP) is 4.04. The van der Waals surface area contributed by atoms with E-state index in [1.807, 2.05) is 31.2 Å². The zero-order valence-electron chi connectivity index (χ0n) is 13.6. The first kappa shape index (κ1) is 16.2. The molecule has 21 heavy (non-hydrogen) atoms. The van der Waals surface area contributed by atoms with Crippen LogP contribution < -0.4 is 9.47 Å². The third kappa shape index (κ3) is 4.37. The second-order valence-corrected chi connectivity index (χ2v) is 7.01. The highest BCUT2D eigenvalue weighted by Crippen LogP contribution is 2.39. The van der Waals surface area contributed by atoms with E-state index in [9.17, 15) is 5.11 Å². The van der Waals surface area contributed by atoms with Crippen LogP contribution in [0.1, 0.15) is 47.0 Å². The van der Waals surface area contributed by atoms with Crippen LogP contribution in [0.4, 0.5) is 0 Å². The second-order valence-electron chi connectivity index (χ2n) is 7.01. The number of benzene rings is 1. The largest absolute Gasteiger partial charge is 0.494 e. The molecular formula is C18H28O3. The number of hydrogen-bond acceptors (Lipinski definition) is 3. The standard InChI is InChI=1S/C18H28O3/c1-5-20-14-7-6-8-15(12-14)21-17-11-13(18(2,3)4)9-10-16(17)19/h6-8,12-13,16-17,19H,5,9-11H2,1-4H3. The number of rotatable bonds is 4. The van der Waals surface area contributed by atoms with Crippen molar-refractivity contribution in [2.45, 2.75) is 59.2 Å². The van der Waals surface area contributed by atoms with Gasteiger partial charge in [0.25, 0.3) is 0 Å². The van der Waals surface area contributed by atoms with Crippen LogP contribution in [0.5, 0.6) is 11.5 Å². The number of aliphatic hydroxyl groups excluding tert-OH is 1. The van der Waals surface area contributed by atoms with Crippen molar-refractivity contribution in [1.82, 2.24) is 0 Å². The van der Waals surface area contributed by atoms with Crippen LogP contribution in [0.25, 0.3) is 0 Å². The highest BCUT2D eigenvalue weighted by atomic mass is 16.5. The van der Waals surface area contributed by atoms with E-state index in [-0.39, 0.29) is 17.6 Å². The molecule has 1 aromatic rings. The van der Waals surface area contributed by atoms with Gasteiger partial charge >= 0.3 is 0 Å². The molecule has 3 atom stereocenters. The summed E-state index contributed by atoms with van der Waals surface area (Å²) in [5.41, 5.74) is 0.259. The van der Waals surface area contributed by atoms with E-state index >= 15 is 0 Å². The highest BCUT2D eigenvalue weighted by molar-refractivity contribution is 5.33. The first-order valence-corrected chi connectivity index (χ1v) is 7.97. The Morgan fingerprint density at radius 3 is 2.57 bits per heavy atom. The first-order chi connectivity index (χ1) is 9.90. The number of aliphatic hydroxyl groups is 1. The lowest BCUT2D eigenvalue weighted by Crippen LogP contribution is -2.41. The summed E-state index contributed by atoms with van der Waals surface area (Å²) in [6.07, 6.45) is 2.30. The number of hydrogen-bond donors (Lipinski definition) is 1. The summed E-state index contributed by atoms with van der Waals surface area (Å²) in [5.74, 6) is 2.17. The zero-order chi connectivity index (χ0) is 15.5. The molecule has 1 aliphatic carbocycles. The first-order valence-electron chi connectivity index (χ1n) is 7.97. The third-order valence-corrected chi connectivity index (χ3v) is 4.39. The van der Waals surface area contributed by atoms with Crippen molar-refractivity contribution in [3.63, 3.8) is 0 Å². The van der Waals surface area contributed by atoms with Crippen molar-refractivity contribution in [2.24, 2.45) is 11.3 Å². The Balaban J connectivity index is 2.04. The van der Waals surface area contributed by atoms with Crippen LogP contribution in [0.2, 0.25) is 0 Å². The molecule has 1 aliphatic rings. The van der Waals surface area contributed by atoms with Gasteiger partial charge in [0.05, 0.1) is 12.7 Å². The molecule has 3 nitrogen and oxygen atoms in total. The molecule has 118 valence electrons. The molecule has 3 heteroatoms. The highest BCUT2D eigenvalue weighted by Gasteiger charge is 2.36. The van der Waals surface area contributed by atoms with Crippen LogP contribution in [0.3, 0.4) is 0 Å². The molecule has 1 aromatic carbocycles. The summed E-state index contributed by atoms with van der Waals surface area (Å²) < 4.78 is 11.5. The van der Waals surface area contributed by atoms with E-state index in [4.69, 9.17) is 9.47 Å². The van der Waals surface area contributed by atoms with Crippen molar-refractivity contribution in [3.8, 4) is 11.5 Å². The average molecular weight is 292 g/mol. The van der Waals surface area contributed by atoms with E-state index in [0.717, 1.165) is 30.8 Å². The Kier molecular flexibility index (Phi) is 5.15. The van der Waals surface area contributed by atoms with Gasteiger partial charge in [0, 0.05) is 6.07 Å². The molecule has 3 unspecified atom stereocenters. The third-order valence-electron chi connectivity index (χ3n) is 4.39. The van der Waals surface area contributed by atoms with Gasteiger partial charge in [-0.25, -0.2) is 0 Å². The van der Waals surface area contributed by atoms with E-state index in [1.54, 1.807) is 0 Å². The molecule has 0 bridgehead atoms. The minimum absolute atomic E-state index is 0.125. The molecule has 0 radical (unpaired) electrons. The Morgan fingerprint density at radius 2 is 1.90 bits per heavy atom. The van der Waals surface area contributed by atoms with Gasteiger partial charge in [-0.3, -0.25) is 0 Å². The molecule has 1 N–H and O–H groups in total. The summed E-state index contributed by atoms with van der Waals surface area (Å²) in [6.45, 7) is 9.40. The lowest BCUT2D eigenvalue weighted by atomic mass is 9.71. The lowest BCUT2D eigenvalue weighted by Gasteiger charge is -2.40. The van der Waals surface area contributed by atoms with Crippen molar-refractivity contribution < 1.29 is 14.6 Å². The molecule has 0 spiro atoms. The molecule has 2 rings (SSSR count). The Hall–Kier alpha value is -1.22. The maximum absolute atomic E-state index is 10.2. The lowest BCUT2D eigenvalue weighted by molar-refractivity contribution is -0.0298. The average Bonchev–Trinajstić information content (AvgIpc) is 2.41. The van der Waals surface area contributed by atoms with Crippen LogP contribution >= 0.6 is 0 Å². The van der Waals surface area contributed by atoms with E-state index in [2.05, 4.69) is 20.8 Å². The summed E-state index contributed by atoms with van der Waals surface area (Å²) in [7, 11) is 0. The van der Waals surface area contributed by atoms with Crippen molar-refractivity contribution in [2.75, 3.05) is 6.61 Å². The van der Waals surface area contributed by atoms with Crippen LogP contribution in [-0.4, -0.2) is 23.9 Å². The summed E-state index contributed by atoms with van der Waals surface area (Å²) in [4.78, 5) is 0. The normalized spacial score (nSPS) is 26.4. The van der Waals surface area contributed by atoms with Gasteiger partial charge in [-0.15, -0.1) is 0 Å². The molecule has 1 saturated carbocycles. The molecule has 1 fully saturated rings. The van der Waals surface area contributed by atoms with Crippen molar-refractivity contribution in [3.05, 3.63) is 24.3 Å². The predicted molar refractivity (Wildman–Crippen MR) is 84.8 cm³/mol. The fourth-order valence-corrected chi connectivity index (χ4v) is 3.01. The molecule has 0 saturated heterocycles. The second kappa shape index (κ2) is 6.69. The maximum atomic E-state index is 10.2. The van der Waals surface area contributed by atoms with Gasteiger partial charge in [-0.05, 0) is 49.7 Å². The maximum Gasteiger partial charge on any atom is 0.125 e.